The molecule has 2 heteroatoms. The molecule has 0 spiro atoms. The maximum Gasteiger partial charge on any atom is 0.0417 e. The predicted molar refractivity (Wildman–Crippen MR) is 80.3 cm³/mol. The van der Waals surface area contributed by atoms with Gasteiger partial charge in [0.05, 0.1) is 0 Å². The van der Waals surface area contributed by atoms with E-state index in [0.717, 1.165) is 6.42 Å². The van der Waals surface area contributed by atoms with E-state index in [9.17, 15) is 0 Å². The van der Waals surface area contributed by atoms with Crippen LogP contribution in [0, 0.1) is 12.3 Å². The van der Waals surface area contributed by atoms with E-state index in [0.29, 0.717) is 11.0 Å². The van der Waals surface area contributed by atoms with Gasteiger partial charge in [-0.1, -0.05) is 26.7 Å². The van der Waals surface area contributed by atoms with E-state index in [1.807, 2.05) is 0 Å². The number of hydrogen-bond donors (Lipinski definition) is 1. The van der Waals surface area contributed by atoms with E-state index in [1.165, 1.54) is 49.1 Å². The van der Waals surface area contributed by atoms with Crippen molar-refractivity contribution in [3.63, 3.8) is 0 Å². The second kappa shape index (κ2) is 4.12. The van der Waals surface area contributed by atoms with Crippen LogP contribution in [0.3, 0.4) is 0 Å². The Bertz CT molecular complexity index is 490. The Kier molecular flexibility index (Phi) is 2.87. The number of aryl methyl sites for hydroxylation is 1. The molecule has 2 aliphatic rings. The van der Waals surface area contributed by atoms with Crippen LogP contribution in [0.25, 0.3) is 0 Å². The molecule has 0 aliphatic heterocycles. The van der Waals surface area contributed by atoms with E-state index < -0.39 is 0 Å². The summed E-state index contributed by atoms with van der Waals surface area (Å²) in [5.74, 6) is 0. The lowest BCUT2D eigenvalue weighted by Crippen LogP contribution is -2.35. The SMILES string of the molecule is Cc1cc2c(n1C1(C)CCCC1)CC(C)(C)CC2N. The zero-order valence-corrected chi connectivity index (χ0v) is 12.9. The van der Waals surface area contributed by atoms with Crippen LogP contribution in [-0.4, -0.2) is 4.57 Å². The van der Waals surface area contributed by atoms with Crippen LogP contribution in [0.1, 0.15) is 75.9 Å². The summed E-state index contributed by atoms with van der Waals surface area (Å²) < 4.78 is 2.65. The maximum absolute atomic E-state index is 6.43. The molecule has 1 saturated carbocycles. The fraction of sp³-hybridized carbons (Fsp3) is 0.765. The highest BCUT2D eigenvalue weighted by atomic mass is 15.1. The second-order valence-corrected chi connectivity index (χ2v) is 7.88. The minimum atomic E-state index is 0.226. The minimum absolute atomic E-state index is 0.226. The molecule has 1 unspecified atom stereocenters. The van der Waals surface area contributed by atoms with Crippen molar-refractivity contribution in [2.45, 2.75) is 77.8 Å². The normalized spacial score (nSPS) is 28.4. The molecule has 1 aromatic rings. The summed E-state index contributed by atoms with van der Waals surface area (Å²) in [7, 11) is 0. The van der Waals surface area contributed by atoms with Gasteiger partial charge in [-0.25, -0.2) is 0 Å². The van der Waals surface area contributed by atoms with Crippen LogP contribution in [0.2, 0.25) is 0 Å². The number of fused-ring (bicyclic) bond motifs is 1. The Hall–Kier alpha value is -0.760. The van der Waals surface area contributed by atoms with E-state index in [2.05, 4.69) is 38.3 Å². The first kappa shape index (κ1) is 13.2. The molecule has 2 aliphatic carbocycles. The van der Waals surface area contributed by atoms with E-state index in [4.69, 9.17) is 5.73 Å². The first-order valence-electron chi connectivity index (χ1n) is 7.80. The zero-order chi connectivity index (χ0) is 13.8. The average molecular weight is 260 g/mol. The van der Waals surface area contributed by atoms with E-state index >= 15 is 0 Å². The summed E-state index contributed by atoms with van der Waals surface area (Å²) in [5, 5.41) is 0. The number of nitrogens with zero attached hydrogens (tertiary/aromatic N) is 1. The lowest BCUT2D eigenvalue weighted by atomic mass is 9.74. The average Bonchev–Trinajstić information content (AvgIpc) is 2.82. The molecule has 1 atom stereocenters. The minimum Gasteiger partial charge on any atom is -0.343 e. The summed E-state index contributed by atoms with van der Waals surface area (Å²) in [6, 6.07) is 2.59. The van der Waals surface area contributed by atoms with Gasteiger partial charge in [0.1, 0.15) is 0 Å². The summed E-state index contributed by atoms with van der Waals surface area (Å²) in [4.78, 5) is 0. The Morgan fingerprint density at radius 2 is 1.84 bits per heavy atom. The van der Waals surface area contributed by atoms with Crippen LogP contribution in [0.5, 0.6) is 0 Å². The van der Waals surface area contributed by atoms with Crippen molar-refractivity contribution in [1.82, 2.24) is 4.57 Å². The first-order chi connectivity index (χ1) is 8.82. The summed E-state index contributed by atoms with van der Waals surface area (Å²) >= 11 is 0. The van der Waals surface area contributed by atoms with E-state index in [-0.39, 0.29) is 6.04 Å². The molecule has 1 fully saturated rings. The van der Waals surface area contributed by atoms with Gasteiger partial charge < -0.3 is 10.3 Å². The first-order valence-corrected chi connectivity index (χ1v) is 7.80. The fourth-order valence-electron chi connectivity index (χ4n) is 4.56. The molecular formula is C17H28N2. The second-order valence-electron chi connectivity index (χ2n) is 7.88. The molecule has 1 aromatic heterocycles. The van der Waals surface area contributed by atoms with Crippen molar-refractivity contribution in [2.75, 3.05) is 0 Å². The van der Waals surface area contributed by atoms with Gasteiger partial charge >= 0.3 is 0 Å². The Labute approximate surface area is 117 Å². The lowest BCUT2D eigenvalue weighted by molar-refractivity contribution is 0.250. The highest BCUT2D eigenvalue weighted by Crippen LogP contribution is 2.45. The van der Waals surface area contributed by atoms with Gasteiger partial charge in [-0.2, -0.15) is 0 Å². The summed E-state index contributed by atoms with van der Waals surface area (Å²) in [6.07, 6.45) is 7.69. The molecule has 3 rings (SSSR count). The highest BCUT2D eigenvalue weighted by molar-refractivity contribution is 5.35. The molecule has 106 valence electrons. The highest BCUT2D eigenvalue weighted by Gasteiger charge is 2.39. The molecular weight excluding hydrogens is 232 g/mol. The van der Waals surface area contributed by atoms with Crippen molar-refractivity contribution >= 4 is 0 Å². The monoisotopic (exact) mass is 260 g/mol. The Morgan fingerprint density at radius 1 is 1.21 bits per heavy atom. The number of rotatable bonds is 1. The van der Waals surface area contributed by atoms with Gasteiger partial charge in [-0.05, 0) is 56.6 Å². The number of nitrogens with two attached hydrogens (primary N) is 1. The molecule has 2 N–H and O–H groups in total. The quantitative estimate of drug-likeness (QED) is 0.811. The van der Waals surface area contributed by atoms with Crippen molar-refractivity contribution in [3.05, 3.63) is 23.0 Å². The molecule has 0 saturated heterocycles. The van der Waals surface area contributed by atoms with Gasteiger partial charge in [0.2, 0.25) is 0 Å². The van der Waals surface area contributed by atoms with Crippen molar-refractivity contribution in [3.8, 4) is 0 Å². The molecule has 0 bridgehead atoms. The predicted octanol–water partition coefficient (Wildman–Crippen LogP) is 4.06. The molecule has 0 amide bonds. The third-order valence-electron chi connectivity index (χ3n) is 5.36. The van der Waals surface area contributed by atoms with Gasteiger partial charge in [0.15, 0.2) is 0 Å². The molecule has 1 heterocycles. The van der Waals surface area contributed by atoms with Crippen molar-refractivity contribution in [1.29, 1.82) is 0 Å². The van der Waals surface area contributed by atoms with Gasteiger partial charge in [-0.3, -0.25) is 0 Å². The fourth-order valence-corrected chi connectivity index (χ4v) is 4.56. The van der Waals surface area contributed by atoms with E-state index in [1.54, 1.807) is 0 Å². The van der Waals surface area contributed by atoms with Gasteiger partial charge in [0, 0.05) is 23.0 Å². The Balaban J connectivity index is 2.12. The maximum atomic E-state index is 6.43. The van der Waals surface area contributed by atoms with Crippen LogP contribution in [0.4, 0.5) is 0 Å². The topological polar surface area (TPSA) is 30.9 Å². The standard InChI is InChI=1S/C17H28N2/c1-12-9-13-14(18)10-16(2,3)11-15(13)19(12)17(4)7-5-6-8-17/h9,14H,5-8,10-11,18H2,1-4H3. The van der Waals surface area contributed by atoms with Gasteiger partial charge in [0.25, 0.3) is 0 Å². The largest absolute Gasteiger partial charge is 0.343 e. The molecule has 0 aromatic carbocycles. The third kappa shape index (κ3) is 2.05. The zero-order valence-electron chi connectivity index (χ0n) is 12.9. The van der Waals surface area contributed by atoms with Crippen molar-refractivity contribution < 1.29 is 0 Å². The van der Waals surface area contributed by atoms with Crippen LogP contribution >= 0.6 is 0 Å². The van der Waals surface area contributed by atoms with Crippen LogP contribution in [0.15, 0.2) is 6.07 Å². The molecule has 19 heavy (non-hydrogen) atoms. The smallest absolute Gasteiger partial charge is 0.0417 e. The molecule has 0 radical (unpaired) electrons. The van der Waals surface area contributed by atoms with Gasteiger partial charge in [-0.15, -0.1) is 0 Å². The van der Waals surface area contributed by atoms with Crippen LogP contribution < -0.4 is 5.73 Å². The van der Waals surface area contributed by atoms with Crippen LogP contribution in [-0.2, 0) is 12.0 Å². The number of aromatic nitrogens is 1. The number of hydrogen-bond acceptors (Lipinski definition) is 1. The summed E-state index contributed by atoms with van der Waals surface area (Å²) in [5.41, 5.74) is 11.5. The lowest BCUT2D eigenvalue weighted by Gasteiger charge is -2.38. The third-order valence-corrected chi connectivity index (χ3v) is 5.36. The van der Waals surface area contributed by atoms with Crippen molar-refractivity contribution in [2.24, 2.45) is 11.1 Å². The Morgan fingerprint density at radius 3 is 2.47 bits per heavy atom. The molecule has 2 nitrogen and oxygen atoms in total. The summed E-state index contributed by atoms with van der Waals surface area (Å²) in [6.45, 7) is 9.43.